The summed E-state index contributed by atoms with van der Waals surface area (Å²) in [6, 6.07) is 6.58. The number of amides is 1. The predicted octanol–water partition coefficient (Wildman–Crippen LogP) is 0.591. The largest absolute Gasteiger partial charge is 0.408 e. The van der Waals surface area contributed by atoms with E-state index in [1.807, 2.05) is 4.90 Å². The average molecular weight is 379 g/mol. The lowest BCUT2D eigenvalue weighted by Crippen LogP contribution is -2.49. The molecule has 140 valence electrons. The second kappa shape index (κ2) is 7.04. The van der Waals surface area contributed by atoms with Crippen molar-refractivity contribution in [3.8, 4) is 0 Å². The Bertz CT molecular complexity index is 901. The lowest BCUT2D eigenvalue weighted by Gasteiger charge is -2.33. The van der Waals surface area contributed by atoms with Crippen molar-refractivity contribution in [2.45, 2.75) is 11.8 Å². The van der Waals surface area contributed by atoms with Crippen molar-refractivity contribution in [3.05, 3.63) is 35.7 Å². The second-order valence-corrected chi connectivity index (χ2v) is 8.35. The molecular weight excluding hydrogens is 358 g/mol. The van der Waals surface area contributed by atoms with Crippen LogP contribution in [0.4, 0.5) is 6.01 Å². The molecule has 26 heavy (non-hydrogen) atoms. The Kier molecular flexibility index (Phi) is 4.97. The number of rotatable bonds is 4. The minimum Gasteiger partial charge on any atom is -0.408 e. The van der Waals surface area contributed by atoms with Crippen molar-refractivity contribution in [1.82, 2.24) is 19.4 Å². The standard InChI is InChI=1S/C16H21N5O4S/c1-12-17-18-16(25-12)21-9-7-20(8-10-21)15(22)13-5-4-6-14(11-13)26(23,24)19(2)3/h4-6,11H,7-10H2,1-3H3. The molecule has 1 aliphatic rings. The number of anilines is 1. The maximum atomic E-state index is 12.7. The van der Waals surface area contributed by atoms with Crippen molar-refractivity contribution in [2.75, 3.05) is 45.2 Å². The van der Waals surface area contributed by atoms with Crippen LogP contribution in [0.2, 0.25) is 0 Å². The van der Waals surface area contributed by atoms with Crippen molar-refractivity contribution in [3.63, 3.8) is 0 Å². The minimum atomic E-state index is -3.58. The molecule has 1 saturated heterocycles. The topological polar surface area (TPSA) is 99.8 Å². The summed E-state index contributed by atoms with van der Waals surface area (Å²) in [5, 5.41) is 7.80. The van der Waals surface area contributed by atoms with E-state index in [2.05, 4.69) is 10.2 Å². The maximum absolute atomic E-state index is 12.7. The second-order valence-electron chi connectivity index (χ2n) is 6.20. The number of benzene rings is 1. The van der Waals surface area contributed by atoms with Crippen LogP contribution in [0, 0.1) is 6.92 Å². The monoisotopic (exact) mass is 379 g/mol. The number of sulfonamides is 1. The first-order valence-corrected chi connectivity index (χ1v) is 9.60. The van der Waals surface area contributed by atoms with Gasteiger partial charge in [0.05, 0.1) is 4.90 Å². The SMILES string of the molecule is Cc1nnc(N2CCN(C(=O)c3cccc(S(=O)(=O)N(C)C)c3)CC2)o1. The van der Waals surface area contributed by atoms with E-state index in [1.165, 1.54) is 26.2 Å². The third-order valence-electron chi connectivity index (χ3n) is 4.21. The highest BCUT2D eigenvalue weighted by atomic mass is 32.2. The fraction of sp³-hybridized carbons (Fsp3) is 0.438. The molecule has 9 nitrogen and oxygen atoms in total. The number of aryl methyl sites for hydroxylation is 1. The van der Waals surface area contributed by atoms with E-state index >= 15 is 0 Å². The summed E-state index contributed by atoms with van der Waals surface area (Å²) in [6.07, 6.45) is 0. The molecule has 10 heteroatoms. The van der Waals surface area contributed by atoms with E-state index < -0.39 is 10.0 Å². The highest BCUT2D eigenvalue weighted by Crippen LogP contribution is 2.18. The molecule has 3 rings (SSSR count). The van der Waals surface area contributed by atoms with E-state index in [0.29, 0.717) is 43.6 Å². The van der Waals surface area contributed by atoms with Crippen LogP contribution in [0.1, 0.15) is 16.2 Å². The molecule has 1 amide bonds. The van der Waals surface area contributed by atoms with Gasteiger partial charge >= 0.3 is 6.01 Å². The first-order valence-electron chi connectivity index (χ1n) is 8.16. The highest BCUT2D eigenvalue weighted by Gasteiger charge is 2.26. The van der Waals surface area contributed by atoms with Crippen molar-refractivity contribution in [2.24, 2.45) is 0 Å². The summed E-state index contributed by atoms with van der Waals surface area (Å²) in [7, 11) is -0.658. The molecule has 0 aliphatic carbocycles. The van der Waals surface area contributed by atoms with E-state index in [1.54, 1.807) is 24.0 Å². The number of hydrogen-bond acceptors (Lipinski definition) is 7. The van der Waals surface area contributed by atoms with E-state index in [4.69, 9.17) is 4.42 Å². The van der Waals surface area contributed by atoms with Crippen molar-refractivity contribution < 1.29 is 17.6 Å². The zero-order chi connectivity index (χ0) is 18.9. The Balaban J connectivity index is 1.71. The highest BCUT2D eigenvalue weighted by molar-refractivity contribution is 7.89. The fourth-order valence-corrected chi connectivity index (χ4v) is 3.65. The molecule has 0 bridgehead atoms. The minimum absolute atomic E-state index is 0.105. The van der Waals surface area contributed by atoms with E-state index in [0.717, 1.165) is 4.31 Å². The summed E-state index contributed by atoms with van der Waals surface area (Å²) in [5.41, 5.74) is 0.356. The van der Waals surface area contributed by atoms with Crippen LogP contribution in [-0.2, 0) is 10.0 Å². The number of hydrogen-bond donors (Lipinski definition) is 0. The molecule has 1 aliphatic heterocycles. The summed E-state index contributed by atoms with van der Waals surface area (Å²) in [5.74, 6) is 0.305. The molecule has 0 atom stereocenters. The number of nitrogens with zero attached hydrogens (tertiary/aromatic N) is 5. The Morgan fingerprint density at radius 1 is 1.15 bits per heavy atom. The third kappa shape index (κ3) is 3.56. The quantitative estimate of drug-likeness (QED) is 0.766. The van der Waals surface area contributed by atoms with Crippen molar-refractivity contribution >= 4 is 21.9 Å². The molecule has 2 aromatic rings. The smallest absolute Gasteiger partial charge is 0.318 e. The van der Waals surface area contributed by atoms with Gasteiger partial charge in [-0.3, -0.25) is 4.79 Å². The number of carbonyl (C=O) groups is 1. The summed E-state index contributed by atoms with van der Waals surface area (Å²) >= 11 is 0. The van der Waals surface area contributed by atoms with Gasteiger partial charge in [0.1, 0.15) is 0 Å². The van der Waals surface area contributed by atoms with Gasteiger partial charge in [-0.2, -0.15) is 0 Å². The van der Waals surface area contributed by atoms with E-state index in [9.17, 15) is 13.2 Å². The lowest BCUT2D eigenvalue weighted by atomic mass is 10.2. The molecule has 2 heterocycles. The van der Waals surface area contributed by atoms with Crippen molar-refractivity contribution in [1.29, 1.82) is 0 Å². The Labute approximate surface area is 152 Å². The molecule has 0 unspecified atom stereocenters. The van der Waals surface area contributed by atoms with Gasteiger partial charge in [-0.05, 0) is 18.2 Å². The maximum Gasteiger partial charge on any atom is 0.318 e. The van der Waals surface area contributed by atoms with Gasteiger partial charge in [-0.15, -0.1) is 5.10 Å². The van der Waals surface area contributed by atoms with Gasteiger partial charge < -0.3 is 14.2 Å². The summed E-state index contributed by atoms with van der Waals surface area (Å²) < 4.78 is 31.0. The average Bonchev–Trinajstić information content (AvgIpc) is 3.07. The molecule has 0 radical (unpaired) electrons. The van der Waals surface area contributed by atoms with Crippen LogP contribution in [0.5, 0.6) is 0 Å². The van der Waals surface area contributed by atoms with Gasteiger partial charge in [-0.1, -0.05) is 11.2 Å². The normalized spacial score (nSPS) is 15.5. The lowest BCUT2D eigenvalue weighted by molar-refractivity contribution is 0.0744. The van der Waals surface area contributed by atoms with Gasteiger partial charge in [-0.25, -0.2) is 12.7 Å². The Morgan fingerprint density at radius 3 is 2.42 bits per heavy atom. The summed E-state index contributed by atoms with van der Waals surface area (Å²) in [4.78, 5) is 16.5. The molecule has 0 spiro atoms. The first-order chi connectivity index (χ1) is 12.3. The number of aromatic nitrogens is 2. The summed E-state index contributed by atoms with van der Waals surface area (Å²) in [6.45, 7) is 3.85. The van der Waals surface area contributed by atoms with E-state index in [-0.39, 0.29) is 10.8 Å². The molecule has 1 aromatic heterocycles. The molecule has 1 aromatic carbocycles. The Morgan fingerprint density at radius 2 is 1.85 bits per heavy atom. The van der Waals surface area contributed by atoms with Crippen LogP contribution < -0.4 is 4.90 Å². The zero-order valence-corrected chi connectivity index (χ0v) is 15.7. The molecular formula is C16H21N5O4S. The Hall–Kier alpha value is -2.46. The van der Waals surface area contributed by atoms with Crippen LogP contribution >= 0.6 is 0 Å². The van der Waals surface area contributed by atoms with Gasteiger partial charge in [0.2, 0.25) is 15.9 Å². The number of carbonyl (C=O) groups excluding carboxylic acids is 1. The molecule has 0 saturated carbocycles. The predicted molar refractivity (Wildman–Crippen MR) is 94.5 cm³/mol. The fourth-order valence-electron chi connectivity index (χ4n) is 2.70. The van der Waals surface area contributed by atoms with Gasteiger partial charge in [0, 0.05) is 52.8 Å². The zero-order valence-electron chi connectivity index (χ0n) is 14.9. The van der Waals surface area contributed by atoms with Gasteiger partial charge in [0.15, 0.2) is 0 Å². The van der Waals surface area contributed by atoms with Crippen LogP contribution in [-0.4, -0.2) is 74.0 Å². The van der Waals surface area contributed by atoms with Crippen LogP contribution in [0.3, 0.4) is 0 Å². The molecule has 1 fully saturated rings. The molecule has 0 N–H and O–H groups in total. The third-order valence-corrected chi connectivity index (χ3v) is 6.02. The first kappa shape index (κ1) is 18.3. The number of piperazine rings is 1. The van der Waals surface area contributed by atoms with Crippen LogP contribution in [0.25, 0.3) is 0 Å². The van der Waals surface area contributed by atoms with Gasteiger partial charge in [0.25, 0.3) is 5.91 Å². The van der Waals surface area contributed by atoms with Crippen LogP contribution in [0.15, 0.2) is 33.6 Å².